The second-order valence-electron chi connectivity index (χ2n) is 2.20. The van der Waals surface area contributed by atoms with Gasteiger partial charge in [-0.25, -0.2) is 0 Å². The third-order valence-corrected chi connectivity index (χ3v) is 3.56. The van der Waals surface area contributed by atoms with Crippen LogP contribution in [0.4, 0.5) is 0 Å². The first-order valence-electron chi connectivity index (χ1n) is 3.05. The number of nitriles is 1. The second-order valence-corrected chi connectivity index (χ2v) is 3.73. The third-order valence-electron chi connectivity index (χ3n) is 1.44. The van der Waals surface area contributed by atoms with Gasteiger partial charge in [-0.05, 0) is 41.1 Å². The van der Waals surface area contributed by atoms with Crippen LogP contribution in [0.2, 0.25) is 0 Å². The second kappa shape index (κ2) is 3.46. The van der Waals surface area contributed by atoms with E-state index >= 15 is 0 Å². The van der Waals surface area contributed by atoms with Crippen LogP contribution < -0.4 is 0 Å². The highest BCUT2D eigenvalue weighted by Gasteiger charge is 2.03. The van der Waals surface area contributed by atoms with Crippen molar-refractivity contribution in [2.75, 3.05) is 0 Å². The van der Waals surface area contributed by atoms with Gasteiger partial charge >= 0.3 is 0 Å². The number of hydrogen-bond donors (Lipinski definition) is 1. The first-order chi connectivity index (χ1) is 5.16. The molecule has 0 unspecified atom stereocenters. The monoisotopic (exact) mass is 275 g/mol. The zero-order chi connectivity index (χ0) is 8.43. The number of halogens is 1. The van der Waals surface area contributed by atoms with Crippen LogP contribution in [0, 0.1) is 21.8 Å². The van der Waals surface area contributed by atoms with E-state index in [0.717, 1.165) is 14.0 Å². The summed E-state index contributed by atoms with van der Waals surface area (Å²) >= 11 is 6.41. The Morgan fingerprint density at radius 2 is 2.18 bits per heavy atom. The third kappa shape index (κ3) is 1.68. The summed E-state index contributed by atoms with van der Waals surface area (Å²) in [6, 6.07) is 5.83. The van der Waals surface area contributed by atoms with Gasteiger partial charge in [0.05, 0.1) is 5.56 Å². The van der Waals surface area contributed by atoms with Gasteiger partial charge in [-0.1, -0.05) is 6.07 Å². The fraction of sp³-hybridized carbons (Fsp3) is 0.125. The van der Waals surface area contributed by atoms with Gasteiger partial charge < -0.3 is 0 Å². The maximum absolute atomic E-state index is 8.65. The molecule has 0 saturated heterocycles. The van der Waals surface area contributed by atoms with E-state index in [0.29, 0.717) is 5.56 Å². The lowest BCUT2D eigenvalue weighted by molar-refractivity contribution is 1.26. The molecule has 0 saturated carbocycles. The Bertz CT molecular complexity index is 328. The minimum atomic E-state index is 0.696. The molecule has 3 heteroatoms. The van der Waals surface area contributed by atoms with Crippen molar-refractivity contribution < 1.29 is 0 Å². The van der Waals surface area contributed by atoms with Crippen LogP contribution in [-0.2, 0) is 0 Å². The minimum absolute atomic E-state index is 0.696. The lowest BCUT2D eigenvalue weighted by atomic mass is 10.2. The van der Waals surface area contributed by atoms with Gasteiger partial charge in [0.1, 0.15) is 6.07 Å². The maximum atomic E-state index is 8.65. The number of nitrogens with zero attached hydrogens (tertiary/aromatic N) is 1. The van der Waals surface area contributed by atoms with Crippen molar-refractivity contribution in [2.45, 2.75) is 11.8 Å². The van der Waals surface area contributed by atoms with Crippen LogP contribution in [0.3, 0.4) is 0 Å². The predicted molar refractivity (Wildman–Crippen MR) is 55.9 cm³/mol. The van der Waals surface area contributed by atoms with Crippen molar-refractivity contribution in [3.63, 3.8) is 0 Å². The largest absolute Gasteiger partial charge is 0.192 e. The fourth-order valence-corrected chi connectivity index (χ4v) is 1.67. The first kappa shape index (κ1) is 8.88. The Kier molecular flexibility index (Phi) is 2.79. The van der Waals surface area contributed by atoms with E-state index in [-0.39, 0.29) is 0 Å². The van der Waals surface area contributed by atoms with Crippen LogP contribution in [0.1, 0.15) is 11.1 Å². The summed E-state index contributed by atoms with van der Waals surface area (Å²) in [5.41, 5.74) is 1.80. The standard InChI is InChI=1S/C8H6INS/c1-5-2-3-6(4-10)7(9)8(5)11/h2-3,11H,1H3. The molecule has 0 heterocycles. The fourth-order valence-electron chi connectivity index (χ4n) is 0.747. The molecular weight excluding hydrogens is 269 g/mol. The molecule has 1 rings (SSSR count). The normalized spacial score (nSPS) is 9.27. The first-order valence-corrected chi connectivity index (χ1v) is 4.57. The molecule has 0 aromatic heterocycles. The Labute approximate surface area is 85.0 Å². The van der Waals surface area contributed by atoms with Crippen LogP contribution in [0.15, 0.2) is 17.0 Å². The summed E-state index contributed by atoms with van der Waals surface area (Å²) in [7, 11) is 0. The SMILES string of the molecule is Cc1ccc(C#N)c(I)c1S. The number of hydrogen-bond acceptors (Lipinski definition) is 2. The number of thiol groups is 1. The van der Waals surface area contributed by atoms with Crippen LogP contribution >= 0.6 is 35.2 Å². The number of aryl methyl sites for hydroxylation is 1. The lowest BCUT2D eigenvalue weighted by Gasteiger charge is -2.01. The molecule has 0 bridgehead atoms. The molecule has 11 heavy (non-hydrogen) atoms. The summed E-state index contributed by atoms with van der Waals surface area (Å²) in [6.45, 7) is 1.98. The van der Waals surface area contributed by atoms with Crippen molar-refractivity contribution >= 4 is 35.2 Å². The molecule has 0 spiro atoms. The van der Waals surface area contributed by atoms with Gasteiger partial charge in [-0.15, -0.1) is 12.6 Å². The van der Waals surface area contributed by atoms with Crippen LogP contribution in [-0.4, -0.2) is 0 Å². The van der Waals surface area contributed by atoms with E-state index in [9.17, 15) is 0 Å². The summed E-state index contributed by atoms with van der Waals surface area (Å²) in [5, 5.41) is 8.65. The summed E-state index contributed by atoms with van der Waals surface area (Å²) < 4.78 is 0.938. The molecule has 0 fully saturated rings. The summed E-state index contributed by atoms with van der Waals surface area (Å²) in [5.74, 6) is 0. The maximum Gasteiger partial charge on any atom is 0.100 e. The summed E-state index contributed by atoms with van der Waals surface area (Å²) in [4.78, 5) is 0.907. The van der Waals surface area contributed by atoms with E-state index in [4.69, 9.17) is 5.26 Å². The Morgan fingerprint density at radius 1 is 1.55 bits per heavy atom. The van der Waals surface area contributed by atoms with Gasteiger partial charge in [-0.2, -0.15) is 5.26 Å². The Morgan fingerprint density at radius 3 is 2.73 bits per heavy atom. The lowest BCUT2D eigenvalue weighted by Crippen LogP contribution is -1.86. The molecular formula is C8H6INS. The molecule has 1 aromatic rings. The molecule has 0 N–H and O–H groups in total. The van der Waals surface area contributed by atoms with E-state index in [1.54, 1.807) is 0 Å². The minimum Gasteiger partial charge on any atom is -0.192 e. The molecule has 0 aliphatic carbocycles. The highest BCUT2D eigenvalue weighted by molar-refractivity contribution is 14.1. The highest BCUT2D eigenvalue weighted by atomic mass is 127. The van der Waals surface area contributed by atoms with E-state index < -0.39 is 0 Å². The van der Waals surface area contributed by atoms with E-state index in [1.165, 1.54) is 0 Å². The van der Waals surface area contributed by atoms with Gasteiger partial charge in [0.2, 0.25) is 0 Å². The average molecular weight is 275 g/mol. The number of rotatable bonds is 0. The van der Waals surface area contributed by atoms with Gasteiger partial charge in [-0.3, -0.25) is 0 Å². The van der Waals surface area contributed by atoms with Crippen molar-refractivity contribution in [1.29, 1.82) is 5.26 Å². The van der Waals surface area contributed by atoms with Crippen LogP contribution in [0.25, 0.3) is 0 Å². The van der Waals surface area contributed by atoms with Gasteiger partial charge in [0, 0.05) is 8.47 Å². The molecule has 0 radical (unpaired) electrons. The summed E-state index contributed by atoms with van der Waals surface area (Å²) in [6.07, 6.45) is 0. The quantitative estimate of drug-likeness (QED) is 0.571. The zero-order valence-electron chi connectivity index (χ0n) is 5.93. The molecule has 0 aliphatic rings. The van der Waals surface area contributed by atoms with Gasteiger partial charge in [0.25, 0.3) is 0 Å². The topological polar surface area (TPSA) is 23.8 Å². The molecule has 0 aliphatic heterocycles. The molecule has 56 valence electrons. The highest BCUT2D eigenvalue weighted by Crippen LogP contribution is 2.23. The van der Waals surface area contributed by atoms with Crippen LogP contribution in [0.5, 0.6) is 0 Å². The van der Waals surface area contributed by atoms with E-state index in [2.05, 4.69) is 41.3 Å². The van der Waals surface area contributed by atoms with Crippen molar-refractivity contribution in [1.82, 2.24) is 0 Å². The Hall–Kier alpha value is -0.210. The van der Waals surface area contributed by atoms with Gasteiger partial charge in [0.15, 0.2) is 0 Å². The molecule has 1 aromatic carbocycles. The van der Waals surface area contributed by atoms with Crippen molar-refractivity contribution in [3.8, 4) is 6.07 Å². The average Bonchev–Trinajstić information content (AvgIpc) is 2.01. The predicted octanol–water partition coefficient (Wildman–Crippen LogP) is 2.76. The Balaban J connectivity index is 3.40. The zero-order valence-corrected chi connectivity index (χ0v) is 8.98. The van der Waals surface area contributed by atoms with E-state index in [1.807, 2.05) is 19.1 Å². The number of benzene rings is 1. The molecule has 1 nitrogen and oxygen atoms in total. The smallest absolute Gasteiger partial charge is 0.100 e. The van der Waals surface area contributed by atoms with Crippen molar-refractivity contribution in [2.24, 2.45) is 0 Å². The molecule has 0 atom stereocenters. The molecule has 0 amide bonds. The van der Waals surface area contributed by atoms with Crippen molar-refractivity contribution in [3.05, 3.63) is 26.8 Å².